The Kier molecular flexibility index (Phi) is 3.07. The monoisotopic (exact) mass is 230 g/mol. The van der Waals surface area contributed by atoms with Crippen LogP contribution in [0.25, 0.3) is 5.52 Å². The fourth-order valence-electron chi connectivity index (χ4n) is 1.70. The first-order valence-corrected chi connectivity index (χ1v) is 5.52. The van der Waals surface area contributed by atoms with Crippen molar-refractivity contribution < 1.29 is 5.11 Å². The minimum atomic E-state index is -0.601. The van der Waals surface area contributed by atoms with Crippen molar-refractivity contribution in [2.75, 3.05) is 6.61 Å². The molecule has 1 unspecified atom stereocenters. The molecule has 88 valence electrons. The van der Waals surface area contributed by atoms with Crippen molar-refractivity contribution >= 4 is 5.52 Å². The van der Waals surface area contributed by atoms with Crippen LogP contribution in [0.3, 0.4) is 0 Å². The standard InChI is InChI=1S/C12H14N4O/c1-8(2)10-5-11-12(9(6-13)7-17)14-3-4-16(11)15-10/h3-5,8-9,17H,7H2,1-2H3. The number of aliphatic hydroxyl groups is 1. The van der Waals surface area contributed by atoms with Crippen molar-refractivity contribution in [2.45, 2.75) is 25.7 Å². The molecule has 0 saturated carbocycles. The summed E-state index contributed by atoms with van der Waals surface area (Å²) >= 11 is 0. The van der Waals surface area contributed by atoms with Crippen LogP contribution in [0.1, 0.15) is 37.1 Å². The number of fused-ring (bicyclic) bond motifs is 1. The van der Waals surface area contributed by atoms with E-state index in [1.807, 2.05) is 12.1 Å². The molecule has 0 bridgehead atoms. The van der Waals surface area contributed by atoms with Gasteiger partial charge in [0.15, 0.2) is 0 Å². The van der Waals surface area contributed by atoms with E-state index >= 15 is 0 Å². The molecule has 1 atom stereocenters. The predicted octanol–water partition coefficient (Wildman–Crippen LogP) is 1.45. The highest BCUT2D eigenvalue weighted by Crippen LogP contribution is 2.21. The van der Waals surface area contributed by atoms with Crippen molar-refractivity contribution in [2.24, 2.45) is 0 Å². The SMILES string of the molecule is CC(C)c1cc2c(C(C#N)CO)nccn2n1. The number of aliphatic hydroxyl groups excluding tert-OH is 1. The first-order chi connectivity index (χ1) is 8.17. The summed E-state index contributed by atoms with van der Waals surface area (Å²) in [7, 11) is 0. The molecule has 2 heterocycles. The van der Waals surface area contributed by atoms with E-state index in [0.717, 1.165) is 11.2 Å². The highest BCUT2D eigenvalue weighted by molar-refractivity contribution is 5.55. The van der Waals surface area contributed by atoms with E-state index in [4.69, 9.17) is 10.4 Å². The summed E-state index contributed by atoms with van der Waals surface area (Å²) in [5.74, 6) is -0.284. The van der Waals surface area contributed by atoms with Crippen molar-refractivity contribution in [3.63, 3.8) is 0 Å². The Balaban J connectivity index is 2.61. The van der Waals surface area contributed by atoms with Gasteiger partial charge in [-0.1, -0.05) is 13.8 Å². The summed E-state index contributed by atoms with van der Waals surface area (Å²) in [6.07, 6.45) is 3.34. The van der Waals surface area contributed by atoms with E-state index in [9.17, 15) is 0 Å². The third kappa shape index (κ3) is 1.99. The van der Waals surface area contributed by atoms with Crippen LogP contribution in [0.15, 0.2) is 18.5 Å². The Hall–Kier alpha value is -1.93. The van der Waals surface area contributed by atoms with Gasteiger partial charge in [0.25, 0.3) is 0 Å². The minimum Gasteiger partial charge on any atom is -0.395 e. The second-order valence-corrected chi connectivity index (χ2v) is 4.23. The number of rotatable bonds is 3. The van der Waals surface area contributed by atoms with Gasteiger partial charge in [-0.05, 0) is 12.0 Å². The summed E-state index contributed by atoms with van der Waals surface area (Å²) in [4.78, 5) is 4.18. The van der Waals surface area contributed by atoms with Crippen LogP contribution >= 0.6 is 0 Å². The average Bonchev–Trinajstić information content (AvgIpc) is 2.75. The summed E-state index contributed by atoms with van der Waals surface area (Å²) in [5, 5.41) is 22.5. The lowest BCUT2D eigenvalue weighted by Gasteiger charge is -2.05. The molecule has 0 aliphatic carbocycles. The van der Waals surface area contributed by atoms with Gasteiger partial charge in [0.1, 0.15) is 5.92 Å². The van der Waals surface area contributed by atoms with Crippen LogP contribution in [0.5, 0.6) is 0 Å². The maximum atomic E-state index is 9.16. The van der Waals surface area contributed by atoms with Crippen LogP contribution in [0.2, 0.25) is 0 Å². The summed E-state index contributed by atoms with van der Waals surface area (Å²) in [6.45, 7) is 3.89. The van der Waals surface area contributed by atoms with Gasteiger partial charge < -0.3 is 5.11 Å². The molecule has 2 aromatic heterocycles. The second-order valence-electron chi connectivity index (χ2n) is 4.23. The first-order valence-electron chi connectivity index (χ1n) is 5.52. The smallest absolute Gasteiger partial charge is 0.114 e. The molecule has 0 aliphatic heterocycles. The van der Waals surface area contributed by atoms with Gasteiger partial charge in [0.05, 0.1) is 29.6 Å². The highest BCUT2D eigenvalue weighted by Gasteiger charge is 2.17. The molecular weight excluding hydrogens is 216 g/mol. The Morgan fingerprint density at radius 1 is 1.53 bits per heavy atom. The molecule has 17 heavy (non-hydrogen) atoms. The quantitative estimate of drug-likeness (QED) is 0.866. The molecular formula is C12H14N4O. The van der Waals surface area contributed by atoms with Gasteiger partial charge in [0.2, 0.25) is 0 Å². The van der Waals surface area contributed by atoms with Gasteiger partial charge >= 0.3 is 0 Å². The largest absolute Gasteiger partial charge is 0.395 e. The molecule has 0 radical (unpaired) electrons. The Morgan fingerprint density at radius 3 is 2.88 bits per heavy atom. The fourth-order valence-corrected chi connectivity index (χ4v) is 1.70. The zero-order valence-corrected chi connectivity index (χ0v) is 9.83. The normalized spacial score (nSPS) is 12.9. The van der Waals surface area contributed by atoms with E-state index in [0.29, 0.717) is 11.6 Å². The highest BCUT2D eigenvalue weighted by atomic mass is 16.3. The number of hydrogen-bond acceptors (Lipinski definition) is 4. The van der Waals surface area contributed by atoms with Gasteiger partial charge in [-0.3, -0.25) is 4.98 Å². The lowest BCUT2D eigenvalue weighted by Crippen LogP contribution is -2.06. The van der Waals surface area contributed by atoms with Crippen molar-refractivity contribution in [1.29, 1.82) is 5.26 Å². The van der Waals surface area contributed by atoms with E-state index < -0.39 is 5.92 Å². The van der Waals surface area contributed by atoms with Crippen LogP contribution < -0.4 is 0 Å². The van der Waals surface area contributed by atoms with Gasteiger partial charge in [-0.25, -0.2) is 4.52 Å². The van der Waals surface area contributed by atoms with Crippen molar-refractivity contribution in [1.82, 2.24) is 14.6 Å². The van der Waals surface area contributed by atoms with Crippen LogP contribution in [-0.2, 0) is 0 Å². The first kappa shape index (κ1) is 11.6. The van der Waals surface area contributed by atoms with Gasteiger partial charge in [-0.2, -0.15) is 10.4 Å². The van der Waals surface area contributed by atoms with Crippen LogP contribution in [0, 0.1) is 11.3 Å². The zero-order chi connectivity index (χ0) is 12.4. The van der Waals surface area contributed by atoms with Crippen molar-refractivity contribution in [3.8, 4) is 6.07 Å². The third-order valence-electron chi connectivity index (χ3n) is 2.70. The molecule has 1 N–H and O–H groups in total. The van der Waals surface area contributed by atoms with E-state index in [-0.39, 0.29) is 6.61 Å². The number of hydrogen-bond donors (Lipinski definition) is 1. The fraction of sp³-hybridized carbons (Fsp3) is 0.417. The number of nitriles is 1. The molecule has 0 spiro atoms. The molecule has 0 saturated heterocycles. The minimum absolute atomic E-state index is 0.231. The maximum absolute atomic E-state index is 9.16. The van der Waals surface area contributed by atoms with E-state index in [2.05, 4.69) is 23.9 Å². The molecule has 2 rings (SSSR count). The molecule has 2 aromatic rings. The summed E-state index contributed by atoms with van der Waals surface area (Å²) in [5.41, 5.74) is 2.32. The molecule has 5 heteroatoms. The average molecular weight is 230 g/mol. The lowest BCUT2D eigenvalue weighted by molar-refractivity contribution is 0.284. The molecule has 0 fully saturated rings. The number of aromatic nitrogens is 3. The molecule has 0 aliphatic rings. The predicted molar refractivity (Wildman–Crippen MR) is 62.5 cm³/mol. The van der Waals surface area contributed by atoms with Crippen LogP contribution in [-0.4, -0.2) is 26.3 Å². The maximum Gasteiger partial charge on any atom is 0.114 e. The summed E-state index contributed by atoms with van der Waals surface area (Å²) < 4.78 is 1.71. The van der Waals surface area contributed by atoms with E-state index in [1.54, 1.807) is 16.9 Å². The second kappa shape index (κ2) is 4.52. The van der Waals surface area contributed by atoms with Crippen LogP contribution in [0.4, 0.5) is 0 Å². The molecule has 5 nitrogen and oxygen atoms in total. The lowest BCUT2D eigenvalue weighted by atomic mass is 10.1. The van der Waals surface area contributed by atoms with Gasteiger partial charge in [-0.15, -0.1) is 0 Å². The Bertz CT molecular complexity index is 567. The third-order valence-corrected chi connectivity index (χ3v) is 2.70. The summed E-state index contributed by atoms with van der Waals surface area (Å²) in [6, 6.07) is 3.97. The Labute approximate surface area is 99.3 Å². The molecule has 0 aromatic carbocycles. The van der Waals surface area contributed by atoms with E-state index in [1.165, 1.54) is 0 Å². The zero-order valence-electron chi connectivity index (χ0n) is 9.83. The van der Waals surface area contributed by atoms with Gasteiger partial charge in [0, 0.05) is 12.4 Å². The van der Waals surface area contributed by atoms with Crippen molar-refractivity contribution in [3.05, 3.63) is 29.8 Å². The number of nitrogens with zero attached hydrogens (tertiary/aromatic N) is 4. The topological polar surface area (TPSA) is 74.2 Å². The Morgan fingerprint density at radius 2 is 2.29 bits per heavy atom. The molecule has 0 amide bonds.